The molecule has 0 unspecified atom stereocenters. The van der Waals surface area contributed by atoms with Crippen molar-refractivity contribution in [3.05, 3.63) is 65.2 Å². The van der Waals surface area contributed by atoms with Crippen molar-refractivity contribution in [2.24, 2.45) is 5.92 Å². The molecule has 0 atom stereocenters. The third kappa shape index (κ3) is 7.75. The number of ether oxygens (including phenoxy) is 1. The first-order chi connectivity index (χ1) is 15.6. The van der Waals surface area contributed by atoms with E-state index < -0.39 is 0 Å². The van der Waals surface area contributed by atoms with E-state index >= 15 is 0 Å². The fourth-order valence-electron chi connectivity index (χ4n) is 4.74. The first-order valence-corrected chi connectivity index (χ1v) is 12.2. The van der Waals surface area contributed by atoms with E-state index in [1.54, 1.807) is 7.11 Å². The van der Waals surface area contributed by atoms with Gasteiger partial charge in [-0.2, -0.15) is 0 Å². The van der Waals surface area contributed by atoms with E-state index in [1.807, 2.05) is 12.1 Å². The molecular weight excluding hydrogens is 396 g/mol. The number of Topliss-reactive ketones (excluding diaryl/α,β-unsaturated/α-hetero) is 1. The lowest BCUT2D eigenvalue weighted by Gasteiger charge is -2.31. The quantitative estimate of drug-likeness (QED) is 0.441. The third-order valence-corrected chi connectivity index (χ3v) is 6.53. The van der Waals surface area contributed by atoms with Gasteiger partial charge in [0.15, 0.2) is 0 Å². The van der Waals surface area contributed by atoms with Gasteiger partial charge in [-0.1, -0.05) is 48.9 Å². The smallest absolute Gasteiger partial charge is 0.136 e. The Kier molecular flexibility index (Phi) is 9.76. The van der Waals surface area contributed by atoms with Crippen LogP contribution in [0.5, 0.6) is 5.75 Å². The van der Waals surface area contributed by atoms with E-state index in [2.05, 4.69) is 60.0 Å². The Labute approximate surface area is 194 Å². The number of ketones is 1. The lowest BCUT2D eigenvalue weighted by Crippen LogP contribution is -2.36. The van der Waals surface area contributed by atoms with Gasteiger partial charge in [-0.25, -0.2) is 0 Å². The normalized spacial score (nSPS) is 15.2. The van der Waals surface area contributed by atoms with Crippen molar-refractivity contribution in [2.75, 3.05) is 33.3 Å². The van der Waals surface area contributed by atoms with Crippen LogP contribution in [0, 0.1) is 12.8 Å². The van der Waals surface area contributed by atoms with Crippen molar-refractivity contribution in [1.82, 2.24) is 9.80 Å². The summed E-state index contributed by atoms with van der Waals surface area (Å²) < 4.78 is 5.24. The summed E-state index contributed by atoms with van der Waals surface area (Å²) in [6.45, 7) is 10.4. The molecule has 3 rings (SSSR count). The van der Waals surface area contributed by atoms with Crippen molar-refractivity contribution in [3.8, 4) is 5.75 Å². The number of carbonyl (C=O) groups excluding carboxylic acids is 1. The van der Waals surface area contributed by atoms with Gasteiger partial charge < -0.3 is 4.74 Å². The van der Waals surface area contributed by atoms with Crippen LogP contribution >= 0.6 is 0 Å². The molecule has 0 aliphatic carbocycles. The second kappa shape index (κ2) is 12.8. The predicted molar refractivity (Wildman–Crippen MR) is 132 cm³/mol. The second-order valence-corrected chi connectivity index (χ2v) is 9.23. The fraction of sp³-hybridized carbons (Fsp3) is 0.536. The van der Waals surface area contributed by atoms with Gasteiger partial charge in [0.2, 0.25) is 0 Å². The van der Waals surface area contributed by atoms with Crippen LogP contribution in [-0.4, -0.2) is 48.9 Å². The molecule has 0 aromatic heterocycles. The zero-order valence-electron chi connectivity index (χ0n) is 20.2. The monoisotopic (exact) mass is 436 g/mol. The minimum absolute atomic E-state index is 0.249. The number of nitrogens with zero attached hydrogens (tertiary/aromatic N) is 2. The first-order valence-electron chi connectivity index (χ1n) is 12.2. The van der Waals surface area contributed by atoms with Crippen molar-refractivity contribution in [1.29, 1.82) is 0 Å². The van der Waals surface area contributed by atoms with Crippen LogP contribution in [0.2, 0.25) is 0 Å². The van der Waals surface area contributed by atoms with Crippen molar-refractivity contribution in [2.45, 2.75) is 59.0 Å². The molecule has 0 radical (unpaired) electrons. The van der Waals surface area contributed by atoms with Gasteiger partial charge in [0, 0.05) is 25.4 Å². The topological polar surface area (TPSA) is 32.8 Å². The molecule has 2 aromatic rings. The average Bonchev–Trinajstić information content (AvgIpc) is 2.80. The second-order valence-electron chi connectivity index (χ2n) is 9.23. The van der Waals surface area contributed by atoms with Crippen LogP contribution < -0.4 is 4.74 Å². The average molecular weight is 437 g/mol. The molecule has 0 saturated carbocycles. The molecule has 1 aliphatic heterocycles. The summed E-state index contributed by atoms with van der Waals surface area (Å²) in [5, 5.41) is 0. The summed E-state index contributed by atoms with van der Waals surface area (Å²) in [5.41, 5.74) is 3.99. The Morgan fingerprint density at radius 3 is 2.47 bits per heavy atom. The van der Waals surface area contributed by atoms with Crippen molar-refractivity contribution in [3.63, 3.8) is 0 Å². The molecule has 2 aromatic carbocycles. The highest BCUT2D eigenvalue weighted by Crippen LogP contribution is 2.22. The van der Waals surface area contributed by atoms with Gasteiger partial charge in [-0.3, -0.25) is 14.6 Å². The maximum Gasteiger partial charge on any atom is 0.136 e. The molecule has 0 spiro atoms. The molecule has 1 heterocycles. The van der Waals surface area contributed by atoms with Crippen molar-refractivity contribution < 1.29 is 9.53 Å². The lowest BCUT2D eigenvalue weighted by molar-refractivity contribution is -0.124. The summed E-state index contributed by atoms with van der Waals surface area (Å²) in [6, 6.07) is 17.1. The van der Waals surface area contributed by atoms with Gasteiger partial charge >= 0.3 is 0 Å². The van der Waals surface area contributed by atoms with E-state index in [4.69, 9.17) is 4.74 Å². The molecule has 174 valence electrons. The summed E-state index contributed by atoms with van der Waals surface area (Å²) >= 11 is 0. The minimum Gasteiger partial charge on any atom is -0.497 e. The number of hydrogen-bond donors (Lipinski definition) is 0. The number of piperidine rings is 1. The van der Waals surface area contributed by atoms with Crippen LogP contribution in [0.3, 0.4) is 0 Å². The first kappa shape index (κ1) is 24.5. The summed E-state index contributed by atoms with van der Waals surface area (Å²) in [4.78, 5) is 17.8. The maximum absolute atomic E-state index is 12.8. The molecule has 32 heavy (non-hydrogen) atoms. The largest absolute Gasteiger partial charge is 0.497 e. The molecular formula is C28H40N2O2. The molecule has 0 bridgehead atoms. The van der Waals surface area contributed by atoms with Crippen LogP contribution in [-0.2, 0) is 17.9 Å². The Morgan fingerprint density at radius 2 is 1.81 bits per heavy atom. The van der Waals surface area contributed by atoms with Gasteiger partial charge in [-0.05, 0) is 82.0 Å². The molecule has 0 amide bonds. The summed E-state index contributed by atoms with van der Waals surface area (Å²) in [5.74, 6) is 1.62. The molecule has 1 fully saturated rings. The van der Waals surface area contributed by atoms with E-state index in [-0.39, 0.29) is 5.92 Å². The summed E-state index contributed by atoms with van der Waals surface area (Å²) in [6.07, 6.45) is 4.83. The highest BCUT2D eigenvalue weighted by atomic mass is 16.5. The number of methoxy groups -OCH3 is 1. The highest BCUT2D eigenvalue weighted by Gasteiger charge is 2.24. The van der Waals surface area contributed by atoms with E-state index in [0.29, 0.717) is 5.78 Å². The van der Waals surface area contributed by atoms with E-state index in [9.17, 15) is 4.79 Å². The number of benzene rings is 2. The number of hydrogen-bond acceptors (Lipinski definition) is 4. The SMILES string of the molecule is CCCN(CCCC(=O)C1CCN(Cc2ccc(OC)cc2)CC1)Cc1cccc(C)c1. The van der Waals surface area contributed by atoms with Gasteiger partial charge in [0.1, 0.15) is 11.5 Å². The zero-order valence-corrected chi connectivity index (χ0v) is 20.2. The predicted octanol–water partition coefficient (Wildman–Crippen LogP) is 5.48. The standard InChI is InChI=1S/C28H40N2O2/c1-4-16-29(22-25-8-5-7-23(2)20-25)17-6-9-28(31)26-14-18-30(19-15-26)21-24-10-12-27(32-3)13-11-24/h5,7-8,10-13,20,26H,4,6,9,14-19,21-22H2,1-3H3. The fourth-order valence-corrected chi connectivity index (χ4v) is 4.74. The number of likely N-dealkylation sites (tertiary alicyclic amines) is 1. The zero-order chi connectivity index (χ0) is 22.8. The number of rotatable bonds is 12. The number of carbonyl (C=O) groups is 1. The van der Waals surface area contributed by atoms with Crippen molar-refractivity contribution >= 4 is 5.78 Å². The van der Waals surface area contributed by atoms with Crippen LogP contribution in [0.1, 0.15) is 55.7 Å². The van der Waals surface area contributed by atoms with E-state index in [1.165, 1.54) is 16.7 Å². The van der Waals surface area contributed by atoms with Gasteiger partial charge in [0.25, 0.3) is 0 Å². The molecule has 1 saturated heterocycles. The highest BCUT2D eigenvalue weighted by molar-refractivity contribution is 5.81. The lowest BCUT2D eigenvalue weighted by atomic mass is 9.90. The molecule has 4 nitrogen and oxygen atoms in total. The minimum atomic E-state index is 0.249. The van der Waals surface area contributed by atoms with Gasteiger partial charge in [-0.15, -0.1) is 0 Å². The third-order valence-electron chi connectivity index (χ3n) is 6.53. The van der Waals surface area contributed by atoms with Gasteiger partial charge in [0.05, 0.1) is 7.11 Å². The molecule has 4 heteroatoms. The number of aryl methyl sites for hydroxylation is 1. The Balaban J connectivity index is 1.38. The maximum atomic E-state index is 12.8. The van der Waals surface area contributed by atoms with Crippen LogP contribution in [0.4, 0.5) is 0 Å². The Morgan fingerprint density at radius 1 is 1.06 bits per heavy atom. The molecule has 1 aliphatic rings. The van der Waals surface area contributed by atoms with Crippen LogP contribution in [0.15, 0.2) is 48.5 Å². The Hall–Kier alpha value is -2.17. The Bertz CT molecular complexity index is 826. The summed E-state index contributed by atoms with van der Waals surface area (Å²) in [7, 11) is 1.70. The van der Waals surface area contributed by atoms with E-state index in [0.717, 1.165) is 77.1 Å². The van der Waals surface area contributed by atoms with Crippen LogP contribution in [0.25, 0.3) is 0 Å². The molecule has 0 N–H and O–H groups in total.